The Morgan fingerprint density at radius 2 is 2.31 bits per heavy atom. The minimum atomic E-state index is -0.826. The second kappa shape index (κ2) is 4.62. The van der Waals surface area contributed by atoms with Crippen molar-refractivity contribution >= 4 is 5.97 Å². The lowest BCUT2D eigenvalue weighted by Crippen LogP contribution is -2.21. The van der Waals surface area contributed by atoms with Crippen molar-refractivity contribution in [3.8, 4) is 0 Å². The molecule has 0 saturated carbocycles. The number of hydrogen-bond acceptors (Lipinski definition) is 2. The SMILES string of the molecule is Cc1cccc(CNCC(=O)O)c1. The van der Waals surface area contributed by atoms with Crippen molar-refractivity contribution in [2.24, 2.45) is 0 Å². The van der Waals surface area contributed by atoms with Gasteiger partial charge in [-0.15, -0.1) is 0 Å². The highest BCUT2D eigenvalue weighted by atomic mass is 16.4. The molecule has 0 heterocycles. The first kappa shape index (κ1) is 9.74. The van der Waals surface area contributed by atoms with Crippen LogP contribution in [0.15, 0.2) is 24.3 Å². The third-order valence-electron chi connectivity index (χ3n) is 1.69. The molecule has 0 aliphatic carbocycles. The smallest absolute Gasteiger partial charge is 0.317 e. The van der Waals surface area contributed by atoms with Crippen LogP contribution in [0.4, 0.5) is 0 Å². The molecule has 0 aliphatic rings. The van der Waals surface area contributed by atoms with Crippen molar-refractivity contribution in [2.45, 2.75) is 13.5 Å². The monoisotopic (exact) mass is 179 g/mol. The molecule has 0 aliphatic heterocycles. The average molecular weight is 179 g/mol. The number of nitrogens with one attached hydrogen (secondary N) is 1. The molecule has 13 heavy (non-hydrogen) atoms. The van der Waals surface area contributed by atoms with Gasteiger partial charge >= 0.3 is 5.97 Å². The third kappa shape index (κ3) is 3.71. The van der Waals surface area contributed by atoms with Crippen molar-refractivity contribution in [3.05, 3.63) is 35.4 Å². The maximum absolute atomic E-state index is 10.2. The van der Waals surface area contributed by atoms with Gasteiger partial charge < -0.3 is 10.4 Å². The fourth-order valence-electron chi connectivity index (χ4n) is 1.14. The van der Waals surface area contributed by atoms with E-state index in [1.807, 2.05) is 31.2 Å². The van der Waals surface area contributed by atoms with E-state index in [-0.39, 0.29) is 6.54 Å². The summed E-state index contributed by atoms with van der Waals surface area (Å²) in [6, 6.07) is 7.99. The Hall–Kier alpha value is -1.35. The van der Waals surface area contributed by atoms with Gasteiger partial charge in [0, 0.05) is 6.54 Å². The summed E-state index contributed by atoms with van der Waals surface area (Å²) in [7, 11) is 0. The van der Waals surface area contributed by atoms with Crippen LogP contribution in [0.25, 0.3) is 0 Å². The van der Waals surface area contributed by atoms with E-state index >= 15 is 0 Å². The number of aryl methyl sites for hydroxylation is 1. The van der Waals surface area contributed by atoms with Crippen LogP contribution >= 0.6 is 0 Å². The number of benzene rings is 1. The highest BCUT2D eigenvalue weighted by Crippen LogP contribution is 2.02. The molecule has 2 N–H and O–H groups in total. The van der Waals surface area contributed by atoms with Crippen LogP contribution < -0.4 is 5.32 Å². The molecule has 0 amide bonds. The number of carbonyl (C=O) groups is 1. The summed E-state index contributed by atoms with van der Waals surface area (Å²) < 4.78 is 0. The molecular weight excluding hydrogens is 166 g/mol. The zero-order valence-corrected chi connectivity index (χ0v) is 7.58. The molecule has 1 aromatic carbocycles. The summed E-state index contributed by atoms with van der Waals surface area (Å²) in [4.78, 5) is 10.2. The molecule has 0 unspecified atom stereocenters. The van der Waals surface area contributed by atoms with Crippen molar-refractivity contribution in [3.63, 3.8) is 0 Å². The van der Waals surface area contributed by atoms with E-state index in [1.54, 1.807) is 0 Å². The lowest BCUT2D eigenvalue weighted by molar-refractivity contribution is -0.135. The Kier molecular flexibility index (Phi) is 3.46. The van der Waals surface area contributed by atoms with Gasteiger partial charge in [-0.25, -0.2) is 0 Å². The van der Waals surface area contributed by atoms with E-state index in [1.165, 1.54) is 5.56 Å². The number of carboxylic acids is 1. The molecule has 3 heteroatoms. The molecule has 0 atom stereocenters. The van der Waals surface area contributed by atoms with Gasteiger partial charge in [-0.3, -0.25) is 4.79 Å². The lowest BCUT2D eigenvalue weighted by Gasteiger charge is -2.02. The van der Waals surface area contributed by atoms with Crippen LogP contribution in [-0.2, 0) is 11.3 Å². The largest absolute Gasteiger partial charge is 0.480 e. The minimum absolute atomic E-state index is 0.00788. The minimum Gasteiger partial charge on any atom is -0.480 e. The van der Waals surface area contributed by atoms with Gasteiger partial charge in [0.25, 0.3) is 0 Å². The molecular formula is C10H13NO2. The van der Waals surface area contributed by atoms with Gasteiger partial charge in [0.05, 0.1) is 6.54 Å². The van der Waals surface area contributed by atoms with E-state index in [9.17, 15) is 4.79 Å². The van der Waals surface area contributed by atoms with Gasteiger partial charge in [0.15, 0.2) is 0 Å². The summed E-state index contributed by atoms with van der Waals surface area (Å²) in [5.74, 6) is -0.826. The van der Waals surface area contributed by atoms with Gasteiger partial charge in [-0.1, -0.05) is 29.8 Å². The molecule has 0 aromatic heterocycles. The van der Waals surface area contributed by atoms with Crippen molar-refractivity contribution in [2.75, 3.05) is 6.54 Å². The number of carboxylic acid groups (broad SMARTS) is 1. The van der Waals surface area contributed by atoms with Crippen LogP contribution in [0, 0.1) is 6.92 Å². The van der Waals surface area contributed by atoms with Gasteiger partial charge in [0.2, 0.25) is 0 Å². The first-order valence-corrected chi connectivity index (χ1v) is 4.16. The molecule has 0 bridgehead atoms. The Labute approximate surface area is 77.4 Å². The Morgan fingerprint density at radius 1 is 1.54 bits per heavy atom. The predicted molar refractivity (Wildman–Crippen MR) is 50.5 cm³/mol. The quantitative estimate of drug-likeness (QED) is 0.729. The van der Waals surface area contributed by atoms with E-state index in [2.05, 4.69) is 5.32 Å². The topological polar surface area (TPSA) is 49.3 Å². The molecule has 0 saturated heterocycles. The average Bonchev–Trinajstić information content (AvgIpc) is 2.03. The second-order valence-electron chi connectivity index (χ2n) is 2.99. The number of rotatable bonds is 4. The van der Waals surface area contributed by atoms with Crippen molar-refractivity contribution < 1.29 is 9.90 Å². The molecule has 1 rings (SSSR count). The maximum Gasteiger partial charge on any atom is 0.317 e. The highest BCUT2D eigenvalue weighted by molar-refractivity contribution is 5.68. The Morgan fingerprint density at radius 3 is 2.92 bits per heavy atom. The molecule has 1 aromatic rings. The van der Waals surface area contributed by atoms with E-state index in [0.717, 1.165) is 5.56 Å². The van der Waals surface area contributed by atoms with E-state index < -0.39 is 5.97 Å². The summed E-state index contributed by atoms with van der Waals surface area (Å²) in [6.45, 7) is 2.63. The molecule has 0 spiro atoms. The molecule has 0 radical (unpaired) electrons. The van der Waals surface area contributed by atoms with Crippen molar-refractivity contribution in [1.29, 1.82) is 0 Å². The van der Waals surface area contributed by atoms with E-state index in [0.29, 0.717) is 6.54 Å². The van der Waals surface area contributed by atoms with Crippen LogP contribution in [0.1, 0.15) is 11.1 Å². The Bertz CT molecular complexity index is 297. The first-order chi connectivity index (χ1) is 6.18. The summed E-state index contributed by atoms with van der Waals surface area (Å²) in [5, 5.41) is 11.2. The molecule has 3 nitrogen and oxygen atoms in total. The third-order valence-corrected chi connectivity index (χ3v) is 1.69. The summed E-state index contributed by atoms with van der Waals surface area (Å²) >= 11 is 0. The van der Waals surface area contributed by atoms with Gasteiger partial charge in [-0.2, -0.15) is 0 Å². The van der Waals surface area contributed by atoms with Crippen molar-refractivity contribution in [1.82, 2.24) is 5.32 Å². The van der Waals surface area contributed by atoms with Crippen LogP contribution in [-0.4, -0.2) is 17.6 Å². The standard InChI is InChI=1S/C10H13NO2/c1-8-3-2-4-9(5-8)6-11-7-10(12)13/h2-5,11H,6-7H2,1H3,(H,12,13). The van der Waals surface area contributed by atoms with Gasteiger partial charge in [-0.05, 0) is 12.5 Å². The van der Waals surface area contributed by atoms with E-state index in [4.69, 9.17) is 5.11 Å². The molecule has 70 valence electrons. The highest BCUT2D eigenvalue weighted by Gasteiger charge is 1.96. The fraction of sp³-hybridized carbons (Fsp3) is 0.300. The number of aliphatic carboxylic acids is 1. The van der Waals surface area contributed by atoms with Gasteiger partial charge in [0.1, 0.15) is 0 Å². The predicted octanol–water partition coefficient (Wildman–Crippen LogP) is 1.17. The normalized spacial score (nSPS) is 9.92. The van der Waals surface area contributed by atoms with Crippen LogP contribution in [0.5, 0.6) is 0 Å². The first-order valence-electron chi connectivity index (χ1n) is 4.16. The summed E-state index contributed by atoms with van der Waals surface area (Å²) in [6.07, 6.45) is 0. The summed E-state index contributed by atoms with van der Waals surface area (Å²) in [5.41, 5.74) is 2.30. The second-order valence-corrected chi connectivity index (χ2v) is 2.99. The Balaban J connectivity index is 2.41. The zero-order valence-electron chi connectivity index (χ0n) is 7.58. The number of hydrogen-bond donors (Lipinski definition) is 2. The zero-order chi connectivity index (χ0) is 9.68. The maximum atomic E-state index is 10.2. The lowest BCUT2D eigenvalue weighted by atomic mass is 10.1. The fourth-order valence-corrected chi connectivity index (χ4v) is 1.14. The molecule has 0 fully saturated rings. The van der Waals surface area contributed by atoms with Crippen LogP contribution in [0.2, 0.25) is 0 Å². The van der Waals surface area contributed by atoms with Crippen LogP contribution in [0.3, 0.4) is 0 Å².